The molecule has 0 aromatic heterocycles. The standard InChI is InChI=1S/C23H29N3O3/c1-4-5-13-24-23(28)18-9-8-10-19(14-18)25-15-22(27)26-20-11-6-7-12-21(20)29-16-17(2)3/h6-12,14,25H,2,4-5,13,15-16H2,1,3H3,(H,24,28)(H,26,27). The maximum Gasteiger partial charge on any atom is 0.251 e. The third-order valence-electron chi connectivity index (χ3n) is 4.03. The summed E-state index contributed by atoms with van der Waals surface area (Å²) in [5.41, 5.74) is 2.76. The zero-order chi connectivity index (χ0) is 21.1. The topological polar surface area (TPSA) is 79.5 Å². The number of rotatable bonds is 11. The minimum absolute atomic E-state index is 0.0652. The Hall–Kier alpha value is -3.28. The van der Waals surface area contributed by atoms with Gasteiger partial charge in [-0.1, -0.05) is 38.1 Å². The van der Waals surface area contributed by atoms with Gasteiger partial charge in [0.1, 0.15) is 12.4 Å². The molecule has 0 saturated carbocycles. The van der Waals surface area contributed by atoms with Crippen LogP contribution in [0.2, 0.25) is 0 Å². The zero-order valence-electron chi connectivity index (χ0n) is 17.1. The Morgan fingerprint density at radius 1 is 1.10 bits per heavy atom. The van der Waals surface area contributed by atoms with E-state index in [-0.39, 0.29) is 18.4 Å². The Bertz CT molecular complexity index is 849. The molecule has 0 aliphatic heterocycles. The third-order valence-corrected chi connectivity index (χ3v) is 4.03. The summed E-state index contributed by atoms with van der Waals surface area (Å²) in [5.74, 6) is 0.263. The Labute approximate surface area is 172 Å². The van der Waals surface area contributed by atoms with E-state index < -0.39 is 0 Å². The van der Waals surface area contributed by atoms with Gasteiger partial charge < -0.3 is 20.7 Å². The average molecular weight is 396 g/mol. The highest BCUT2D eigenvalue weighted by Crippen LogP contribution is 2.24. The normalized spacial score (nSPS) is 10.1. The average Bonchev–Trinajstić information content (AvgIpc) is 2.72. The molecule has 0 heterocycles. The highest BCUT2D eigenvalue weighted by molar-refractivity contribution is 5.96. The number of carbonyl (C=O) groups excluding carboxylic acids is 2. The summed E-state index contributed by atoms with van der Waals surface area (Å²) >= 11 is 0. The molecule has 6 heteroatoms. The SMILES string of the molecule is C=C(C)COc1ccccc1NC(=O)CNc1cccc(C(=O)NCCCC)c1. The van der Waals surface area contributed by atoms with Crippen molar-refractivity contribution < 1.29 is 14.3 Å². The van der Waals surface area contributed by atoms with E-state index in [0.717, 1.165) is 18.4 Å². The number of benzene rings is 2. The van der Waals surface area contributed by atoms with Crippen LogP contribution in [0, 0.1) is 0 Å². The first-order valence-electron chi connectivity index (χ1n) is 9.77. The number of carbonyl (C=O) groups is 2. The highest BCUT2D eigenvalue weighted by Gasteiger charge is 2.09. The second-order valence-electron chi connectivity index (χ2n) is 6.83. The molecule has 2 aromatic rings. The van der Waals surface area contributed by atoms with Crippen LogP contribution in [0.5, 0.6) is 5.75 Å². The smallest absolute Gasteiger partial charge is 0.251 e. The van der Waals surface area contributed by atoms with Gasteiger partial charge in [-0.05, 0) is 49.2 Å². The molecule has 6 nitrogen and oxygen atoms in total. The van der Waals surface area contributed by atoms with Crippen LogP contribution >= 0.6 is 0 Å². The Morgan fingerprint density at radius 3 is 2.66 bits per heavy atom. The molecule has 0 bridgehead atoms. The first kappa shape index (κ1) is 22.0. The monoisotopic (exact) mass is 395 g/mol. The molecule has 0 radical (unpaired) electrons. The number of amides is 2. The fourth-order valence-electron chi connectivity index (χ4n) is 2.52. The van der Waals surface area contributed by atoms with Crippen molar-refractivity contribution in [2.24, 2.45) is 0 Å². The number of ether oxygens (including phenoxy) is 1. The number of anilines is 2. The highest BCUT2D eigenvalue weighted by atomic mass is 16.5. The zero-order valence-corrected chi connectivity index (χ0v) is 17.1. The molecule has 0 saturated heterocycles. The van der Waals surface area contributed by atoms with E-state index in [1.54, 1.807) is 30.3 Å². The first-order chi connectivity index (χ1) is 14.0. The fraction of sp³-hybridized carbons (Fsp3) is 0.304. The lowest BCUT2D eigenvalue weighted by Crippen LogP contribution is -2.25. The van der Waals surface area contributed by atoms with E-state index in [1.165, 1.54) is 0 Å². The molecule has 0 aliphatic rings. The van der Waals surface area contributed by atoms with Gasteiger partial charge in [0.05, 0.1) is 12.2 Å². The van der Waals surface area contributed by atoms with Gasteiger partial charge in [-0.3, -0.25) is 9.59 Å². The van der Waals surface area contributed by atoms with Crippen molar-refractivity contribution >= 4 is 23.2 Å². The molecule has 3 N–H and O–H groups in total. The van der Waals surface area contributed by atoms with Gasteiger partial charge in [0.25, 0.3) is 5.91 Å². The van der Waals surface area contributed by atoms with Gasteiger partial charge >= 0.3 is 0 Å². The maximum atomic E-state index is 12.3. The fourth-order valence-corrected chi connectivity index (χ4v) is 2.52. The van der Waals surface area contributed by atoms with Crippen molar-refractivity contribution in [3.05, 3.63) is 66.2 Å². The number of para-hydroxylation sites is 2. The van der Waals surface area contributed by atoms with E-state index in [0.29, 0.717) is 35.8 Å². The molecule has 0 aliphatic carbocycles. The molecular weight excluding hydrogens is 366 g/mol. The number of unbranched alkanes of at least 4 members (excludes halogenated alkanes) is 1. The summed E-state index contributed by atoms with van der Waals surface area (Å²) in [7, 11) is 0. The molecule has 2 amide bonds. The molecule has 0 spiro atoms. The van der Waals surface area contributed by atoms with Crippen molar-refractivity contribution in [1.82, 2.24) is 5.32 Å². The molecule has 154 valence electrons. The van der Waals surface area contributed by atoms with E-state index in [4.69, 9.17) is 4.74 Å². The van der Waals surface area contributed by atoms with Crippen LogP contribution in [0.25, 0.3) is 0 Å². The van der Waals surface area contributed by atoms with Gasteiger partial charge in [-0.25, -0.2) is 0 Å². The number of hydrogen-bond donors (Lipinski definition) is 3. The van der Waals surface area contributed by atoms with E-state index in [2.05, 4.69) is 29.5 Å². The molecule has 29 heavy (non-hydrogen) atoms. The van der Waals surface area contributed by atoms with Crippen LogP contribution in [0.3, 0.4) is 0 Å². The summed E-state index contributed by atoms with van der Waals surface area (Å²) in [6.45, 7) is 8.87. The predicted octanol–water partition coefficient (Wildman–Crippen LogP) is 4.22. The van der Waals surface area contributed by atoms with Crippen molar-refractivity contribution in [2.45, 2.75) is 26.7 Å². The second-order valence-corrected chi connectivity index (χ2v) is 6.83. The number of nitrogens with one attached hydrogen (secondary N) is 3. The molecule has 2 rings (SSSR count). The van der Waals surface area contributed by atoms with Crippen molar-refractivity contribution in [2.75, 3.05) is 30.3 Å². The lowest BCUT2D eigenvalue weighted by molar-refractivity contribution is -0.114. The van der Waals surface area contributed by atoms with Gasteiger partial charge in [-0.2, -0.15) is 0 Å². The molecule has 0 fully saturated rings. The van der Waals surface area contributed by atoms with Crippen molar-refractivity contribution in [1.29, 1.82) is 0 Å². The molecule has 0 unspecified atom stereocenters. The van der Waals surface area contributed by atoms with Crippen LogP contribution in [-0.2, 0) is 4.79 Å². The summed E-state index contributed by atoms with van der Waals surface area (Å²) in [6.07, 6.45) is 1.97. The van der Waals surface area contributed by atoms with Gasteiger partial charge in [0.2, 0.25) is 5.91 Å². The van der Waals surface area contributed by atoms with Crippen LogP contribution in [0.15, 0.2) is 60.7 Å². The van der Waals surface area contributed by atoms with Crippen molar-refractivity contribution in [3.63, 3.8) is 0 Å². The van der Waals surface area contributed by atoms with Gasteiger partial charge in [0, 0.05) is 17.8 Å². The first-order valence-corrected chi connectivity index (χ1v) is 9.77. The van der Waals surface area contributed by atoms with E-state index in [9.17, 15) is 9.59 Å². The second kappa shape index (κ2) is 11.5. The van der Waals surface area contributed by atoms with Crippen LogP contribution in [0.1, 0.15) is 37.0 Å². The van der Waals surface area contributed by atoms with Gasteiger partial charge in [0.15, 0.2) is 0 Å². The Morgan fingerprint density at radius 2 is 1.90 bits per heavy atom. The third kappa shape index (κ3) is 7.70. The summed E-state index contributed by atoms with van der Waals surface area (Å²) < 4.78 is 5.67. The largest absolute Gasteiger partial charge is 0.487 e. The minimum Gasteiger partial charge on any atom is -0.487 e. The van der Waals surface area contributed by atoms with Crippen molar-refractivity contribution in [3.8, 4) is 5.75 Å². The lowest BCUT2D eigenvalue weighted by atomic mass is 10.2. The Kier molecular flexibility index (Phi) is 8.76. The minimum atomic E-state index is -0.214. The molecule has 2 aromatic carbocycles. The summed E-state index contributed by atoms with van der Waals surface area (Å²) in [4.78, 5) is 24.5. The van der Waals surface area contributed by atoms with Gasteiger partial charge in [-0.15, -0.1) is 0 Å². The van der Waals surface area contributed by atoms with E-state index >= 15 is 0 Å². The lowest BCUT2D eigenvalue weighted by Gasteiger charge is -2.13. The quantitative estimate of drug-likeness (QED) is 0.393. The maximum absolute atomic E-state index is 12.3. The number of hydrogen-bond acceptors (Lipinski definition) is 4. The van der Waals surface area contributed by atoms with Crippen LogP contribution < -0.4 is 20.7 Å². The molecular formula is C23H29N3O3. The van der Waals surface area contributed by atoms with E-state index in [1.807, 2.05) is 25.1 Å². The summed E-state index contributed by atoms with van der Waals surface area (Å²) in [5, 5.41) is 8.78. The summed E-state index contributed by atoms with van der Waals surface area (Å²) in [6, 6.07) is 14.4. The van der Waals surface area contributed by atoms with Crippen LogP contribution in [0.4, 0.5) is 11.4 Å². The Balaban J connectivity index is 1.90. The van der Waals surface area contributed by atoms with Crippen LogP contribution in [-0.4, -0.2) is 31.5 Å². The predicted molar refractivity (Wildman–Crippen MR) is 118 cm³/mol. The molecule has 0 atom stereocenters.